The van der Waals surface area contributed by atoms with Crippen LogP contribution in [0.3, 0.4) is 0 Å². The van der Waals surface area contributed by atoms with Crippen molar-refractivity contribution in [1.82, 2.24) is 5.32 Å². The molecule has 0 bridgehead atoms. The topological polar surface area (TPSA) is 105 Å². The van der Waals surface area contributed by atoms with Crippen molar-refractivity contribution in [2.24, 2.45) is 0 Å². The third-order valence-corrected chi connectivity index (χ3v) is 4.33. The maximum Gasteiger partial charge on any atom is 0.339 e. The highest BCUT2D eigenvalue weighted by molar-refractivity contribution is 6.01. The van der Waals surface area contributed by atoms with E-state index >= 15 is 0 Å². The van der Waals surface area contributed by atoms with Crippen molar-refractivity contribution in [3.63, 3.8) is 0 Å². The molecule has 0 fully saturated rings. The molecule has 0 saturated carbocycles. The van der Waals surface area contributed by atoms with Crippen LogP contribution in [0.25, 0.3) is 0 Å². The summed E-state index contributed by atoms with van der Waals surface area (Å²) >= 11 is 0. The van der Waals surface area contributed by atoms with Gasteiger partial charge in [-0.05, 0) is 35.4 Å². The van der Waals surface area contributed by atoms with E-state index in [0.29, 0.717) is 11.1 Å². The van der Waals surface area contributed by atoms with Crippen molar-refractivity contribution >= 4 is 23.5 Å². The lowest BCUT2D eigenvalue weighted by Gasteiger charge is -2.25. The predicted octanol–water partition coefficient (Wildman–Crippen LogP) is 2.27. The zero-order valence-electron chi connectivity index (χ0n) is 14.4. The Labute approximate surface area is 154 Å². The second kappa shape index (κ2) is 7.45. The molecule has 1 unspecified atom stereocenters. The van der Waals surface area contributed by atoms with E-state index in [1.54, 1.807) is 6.07 Å². The molecule has 27 heavy (non-hydrogen) atoms. The smallest absolute Gasteiger partial charge is 0.339 e. The minimum Gasteiger partial charge on any atom is -0.496 e. The molecule has 3 N–H and O–H groups in total. The van der Waals surface area contributed by atoms with Gasteiger partial charge in [-0.15, -0.1) is 0 Å². The Hall–Kier alpha value is -3.42. The number of rotatable bonds is 5. The van der Waals surface area contributed by atoms with Gasteiger partial charge in [-0.3, -0.25) is 9.59 Å². The van der Waals surface area contributed by atoms with Crippen molar-refractivity contribution in [3.8, 4) is 5.75 Å². The molecule has 8 heteroatoms. The number of anilines is 1. The minimum atomic E-state index is -1.14. The molecule has 3 rings (SSSR count). The molecule has 1 aliphatic rings. The van der Waals surface area contributed by atoms with E-state index in [4.69, 9.17) is 4.74 Å². The highest BCUT2D eigenvalue weighted by Gasteiger charge is 2.30. The van der Waals surface area contributed by atoms with Crippen LogP contribution in [-0.2, 0) is 16.1 Å². The Morgan fingerprint density at radius 1 is 1.30 bits per heavy atom. The number of halogens is 1. The molecule has 2 amide bonds. The Morgan fingerprint density at radius 2 is 2.07 bits per heavy atom. The normalized spacial score (nSPS) is 15.5. The molecule has 0 spiro atoms. The second-order valence-corrected chi connectivity index (χ2v) is 6.09. The Kier molecular flexibility index (Phi) is 5.07. The van der Waals surface area contributed by atoms with E-state index < -0.39 is 23.6 Å². The van der Waals surface area contributed by atoms with Gasteiger partial charge in [0.05, 0.1) is 13.0 Å². The standard InChI is InChI=1S/C19H17FN2O5/c1-27-16-5-2-10(6-14(16)19(25)26)9-21-18(24)13-8-17(23)22-15-7-11(20)3-4-12(13)15/h2-7,13H,8-9H2,1H3,(H,21,24)(H,22,23)(H,25,26). The van der Waals surface area contributed by atoms with Crippen molar-refractivity contribution in [3.05, 3.63) is 58.9 Å². The number of benzene rings is 2. The Morgan fingerprint density at radius 3 is 2.78 bits per heavy atom. The molecular formula is C19H17FN2O5. The van der Waals surface area contributed by atoms with Crippen LogP contribution < -0.4 is 15.4 Å². The number of carbonyl (C=O) groups is 3. The van der Waals surface area contributed by atoms with Crippen LogP contribution >= 0.6 is 0 Å². The fourth-order valence-electron chi connectivity index (χ4n) is 3.02. The van der Waals surface area contributed by atoms with Crippen LogP contribution in [0, 0.1) is 5.82 Å². The maximum atomic E-state index is 13.4. The first-order valence-corrected chi connectivity index (χ1v) is 8.16. The molecule has 1 aliphatic heterocycles. The summed E-state index contributed by atoms with van der Waals surface area (Å²) < 4.78 is 18.4. The maximum absolute atomic E-state index is 13.4. The number of ether oxygens (including phenoxy) is 1. The summed E-state index contributed by atoms with van der Waals surface area (Å²) in [6, 6.07) is 8.45. The lowest BCUT2D eigenvalue weighted by molar-refractivity contribution is -0.126. The molecule has 2 aromatic rings. The van der Waals surface area contributed by atoms with Crippen LogP contribution in [0.4, 0.5) is 10.1 Å². The Bertz CT molecular complexity index is 928. The monoisotopic (exact) mass is 372 g/mol. The van der Waals surface area contributed by atoms with Gasteiger partial charge in [-0.2, -0.15) is 0 Å². The molecular weight excluding hydrogens is 355 g/mol. The van der Waals surface area contributed by atoms with Gasteiger partial charge < -0.3 is 20.5 Å². The lowest BCUT2D eigenvalue weighted by Crippen LogP contribution is -2.34. The van der Waals surface area contributed by atoms with Crippen LogP contribution in [0.15, 0.2) is 36.4 Å². The molecule has 0 aliphatic carbocycles. The second-order valence-electron chi connectivity index (χ2n) is 6.09. The van der Waals surface area contributed by atoms with Crippen LogP contribution in [0.5, 0.6) is 5.75 Å². The first-order valence-electron chi connectivity index (χ1n) is 8.16. The number of aromatic carboxylic acids is 1. The lowest BCUT2D eigenvalue weighted by atomic mass is 9.89. The summed E-state index contributed by atoms with van der Waals surface area (Å²) in [6.07, 6.45) is -0.0482. The summed E-state index contributed by atoms with van der Waals surface area (Å²) in [7, 11) is 1.37. The number of carbonyl (C=O) groups excluding carboxylic acids is 2. The first kappa shape index (κ1) is 18.4. The Balaban J connectivity index is 1.76. The van der Waals surface area contributed by atoms with Crippen LogP contribution in [-0.4, -0.2) is 30.0 Å². The van der Waals surface area contributed by atoms with E-state index in [1.165, 1.54) is 37.4 Å². The molecule has 0 saturated heterocycles. The van der Waals surface area contributed by atoms with Crippen LogP contribution in [0.2, 0.25) is 0 Å². The molecule has 1 heterocycles. The molecule has 0 aromatic heterocycles. The predicted molar refractivity (Wildman–Crippen MR) is 94.2 cm³/mol. The average Bonchev–Trinajstić information content (AvgIpc) is 2.64. The van der Waals surface area contributed by atoms with E-state index in [0.717, 1.165) is 0 Å². The zero-order chi connectivity index (χ0) is 19.6. The quantitative estimate of drug-likeness (QED) is 0.747. The largest absolute Gasteiger partial charge is 0.496 e. The number of methoxy groups -OCH3 is 1. The van der Waals surface area contributed by atoms with Gasteiger partial charge in [-0.25, -0.2) is 9.18 Å². The number of nitrogens with one attached hydrogen (secondary N) is 2. The number of carboxylic acid groups (broad SMARTS) is 1. The average molecular weight is 372 g/mol. The van der Waals surface area contributed by atoms with Crippen molar-refractivity contribution in [2.45, 2.75) is 18.9 Å². The third-order valence-electron chi connectivity index (χ3n) is 4.33. The third kappa shape index (κ3) is 3.89. The summed E-state index contributed by atoms with van der Waals surface area (Å²) in [5.41, 5.74) is 1.38. The number of hydrogen-bond donors (Lipinski definition) is 3. The number of amides is 2. The highest BCUT2D eigenvalue weighted by Crippen LogP contribution is 2.33. The number of carboxylic acids is 1. The van der Waals surface area contributed by atoms with Crippen molar-refractivity contribution in [2.75, 3.05) is 12.4 Å². The van der Waals surface area contributed by atoms with Gasteiger partial charge in [0, 0.05) is 18.7 Å². The zero-order valence-corrected chi connectivity index (χ0v) is 14.4. The van der Waals surface area contributed by atoms with Gasteiger partial charge in [0.25, 0.3) is 0 Å². The SMILES string of the molecule is COc1ccc(CNC(=O)C2CC(=O)Nc3cc(F)ccc32)cc1C(=O)O. The fraction of sp³-hybridized carbons (Fsp3) is 0.211. The van der Waals surface area contributed by atoms with E-state index in [2.05, 4.69) is 10.6 Å². The summed E-state index contributed by atoms with van der Waals surface area (Å²) in [5.74, 6) is -2.94. The molecule has 2 aromatic carbocycles. The minimum absolute atomic E-state index is 0.0119. The van der Waals surface area contributed by atoms with Crippen LogP contribution in [0.1, 0.15) is 33.8 Å². The van der Waals surface area contributed by atoms with Gasteiger partial charge in [0.15, 0.2) is 0 Å². The van der Waals surface area contributed by atoms with E-state index in [1.807, 2.05) is 0 Å². The number of hydrogen-bond acceptors (Lipinski definition) is 4. The molecule has 7 nitrogen and oxygen atoms in total. The van der Waals surface area contributed by atoms with Gasteiger partial charge in [-0.1, -0.05) is 12.1 Å². The fourth-order valence-corrected chi connectivity index (χ4v) is 3.02. The van der Waals surface area contributed by atoms with Gasteiger partial charge >= 0.3 is 5.97 Å². The number of fused-ring (bicyclic) bond motifs is 1. The van der Waals surface area contributed by atoms with E-state index in [9.17, 15) is 23.9 Å². The van der Waals surface area contributed by atoms with E-state index in [-0.39, 0.29) is 35.9 Å². The molecule has 0 radical (unpaired) electrons. The van der Waals surface area contributed by atoms with Gasteiger partial charge in [0.1, 0.15) is 17.1 Å². The van der Waals surface area contributed by atoms with Gasteiger partial charge in [0.2, 0.25) is 11.8 Å². The molecule has 1 atom stereocenters. The van der Waals surface area contributed by atoms with Crippen molar-refractivity contribution in [1.29, 1.82) is 0 Å². The van der Waals surface area contributed by atoms with Crippen molar-refractivity contribution < 1.29 is 28.6 Å². The summed E-state index contributed by atoms with van der Waals surface area (Å²) in [4.78, 5) is 35.7. The highest BCUT2D eigenvalue weighted by atomic mass is 19.1. The first-order chi connectivity index (χ1) is 12.9. The molecule has 140 valence electrons. The summed E-state index contributed by atoms with van der Waals surface area (Å²) in [6.45, 7) is 0.0811. The summed E-state index contributed by atoms with van der Waals surface area (Å²) in [5, 5.41) is 14.5.